The Bertz CT molecular complexity index is 1480. The number of anilines is 1. The van der Waals surface area contributed by atoms with Gasteiger partial charge in [0.25, 0.3) is 15.6 Å². The van der Waals surface area contributed by atoms with E-state index in [1.165, 1.54) is 4.68 Å². The number of hydrogen-bond acceptors (Lipinski definition) is 4. The number of amides is 1. The van der Waals surface area contributed by atoms with Gasteiger partial charge in [-0.3, -0.25) is 14.3 Å². The average molecular weight is 539 g/mol. The second-order valence-electron chi connectivity index (χ2n) is 10.6. The molecule has 1 amide bonds. The molecule has 1 saturated carbocycles. The van der Waals surface area contributed by atoms with Crippen molar-refractivity contribution in [2.75, 3.05) is 10.8 Å². The van der Waals surface area contributed by atoms with Gasteiger partial charge in [0.2, 0.25) is 5.91 Å². The molecule has 0 unspecified atom stereocenters. The van der Waals surface area contributed by atoms with E-state index in [4.69, 9.17) is 0 Å². The van der Waals surface area contributed by atoms with Gasteiger partial charge < -0.3 is 5.32 Å². The van der Waals surface area contributed by atoms with Crippen LogP contribution in [0.5, 0.6) is 0 Å². The van der Waals surface area contributed by atoms with E-state index >= 15 is 0 Å². The van der Waals surface area contributed by atoms with Crippen molar-refractivity contribution in [3.05, 3.63) is 75.2 Å². The molecule has 0 bridgehead atoms. The Hall–Kier alpha value is -3.33. The van der Waals surface area contributed by atoms with Crippen molar-refractivity contribution in [2.24, 2.45) is 13.0 Å². The van der Waals surface area contributed by atoms with Gasteiger partial charge in [0.15, 0.2) is 0 Å². The first-order chi connectivity index (χ1) is 17.9. The number of hydrogen-bond donors (Lipinski definition) is 1. The minimum atomic E-state index is -4.27. The third kappa shape index (κ3) is 5.16. The highest BCUT2D eigenvalue weighted by molar-refractivity contribution is 7.93. The van der Waals surface area contributed by atoms with Crippen LogP contribution in [0, 0.1) is 33.6 Å². The second-order valence-corrected chi connectivity index (χ2v) is 12.4. The fourth-order valence-corrected chi connectivity index (χ4v) is 7.61. The van der Waals surface area contributed by atoms with Gasteiger partial charge in [-0.2, -0.15) is 0 Å². The van der Waals surface area contributed by atoms with Crippen LogP contribution in [0.4, 0.5) is 5.69 Å². The predicted molar refractivity (Wildman–Crippen MR) is 150 cm³/mol. The SMILES string of the molecule is Cc1cc(C)c(S(=O)(=O)N(CC(=O)N[C@H]2CCCC[C@@H]2C)c2c(C)n(C)n(-c3ccccc3)c2=O)c(C)c1. The smallest absolute Gasteiger partial charge is 0.296 e. The summed E-state index contributed by atoms with van der Waals surface area (Å²) >= 11 is 0. The van der Waals surface area contributed by atoms with Gasteiger partial charge in [-0.15, -0.1) is 0 Å². The first kappa shape index (κ1) is 27.7. The summed E-state index contributed by atoms with van der Waals surface area (Å²) in [5.74, 6) is -0.100. The molecular weight excluding hydrogens is 500 g/mol. The van der Waals surface area contributed by atoms with Gasteiger partial charge in [0.05, 0.1) is 16.3 Å². The summed E-state index contributed by atoms with van der Waals surface area (Å²) in [6.45, 7) is 8.73. The van der Waals surface area contributed by atoms with Crippen LogP contribution in [-0.4, -0.2) is 36.3 Å². The summed E-state index contributed by atoms with van der Waals surface area (Å²) in [5.41, 5.74) is 2.62. The second kappa shape index (κ2) is 10.8. The standard InChI is InChI=1S/C29H38N4O4S/c1-19-16-21(3)28(22(4)17-19)38(36,37)32(18-26(34)30-25-15-11-10-12-20(25)2)27-23(5)31(6)33(29(27)35)24-13-8-7-9-14-24/h7-9,13-14,16-17,20,25H,10-12,15,18H2,1-6H3,(H,30,34)/t20-,25-/m0/s1. The first-order valence-electron chi connectivity index (χ1n) is 13.2. The summed E-state index contributed by atoms with van der Waals surface area (Å²) in [7, 11) is -2.55. The lowest BCUT2D eigenvalue weighted by Crippen LogP contribution is -2.48. The van der Waals surface area contributed by atoms with Crippen LogP contribution in [0.25, 0.3) is 5.69 Å². The van der Waals surface area contributed by atoms with Crippen molar-refractivity contribution < 1.29 is 13.2 Å². The molecule has 4 rings (SSSR count). The molecule has 204 valence electrons. The number of rotatable bonds is 7. The van der Waals surface area contributed by atoms with Crippen molar-refractivity contribution in [3.63, 3.8) is 0 Å². The van der Waals surface area contributed by atoms with E-state index in [0.717, 1.165) is 35.6 Å². The fourth-order valence-electron chi connectivity index (χ4n) is 5.72. The fraction of sp³-hybridized carbons (Fsp3) is 0.448. The monoisotopic (exact) mass is 538 g/mol. The molecule has 0 spiro atoms. The van der Waals surface area contributed by atoms with Crippen LogP contribution < -0.4 is 15.2 Å². The number of aryl methyl sites for hydroxylation is 3. The Labute approximate surface area is 225 Å². The van der Waals surface area contributed by atoms with Gasteiger partial charge in [0.1, 0.15) is 12.2 Å². The molecule has 1 aliphatic rings. The highest BCUT2D eigenvalue weighted by Crippen LogP contribution is 2.30. The van der Waals surface area contributed by atoms with E-state index in [1.54, 1.807) is 44.6 Å². The molecule has 1 N–H and O–H groups in total. The van der Waals surface area contributed by atoms with Crippen LogP contribution in [-0.2, 0) is 21.9 Å². The van der Waals surface area contributed by atoms with Gasteiger partial charge >= 0.3 is 0 Å². The lowest BCUT2D eigenvalue weighted by molar-refractivity contribution is -0.120. The number of benzene rings is 2. The molecule has 1 aromatic heterocycles. The van der Waals surface area contributed by atoms with E-state index in [-0.39, 0.29) is 16.6 Å². The third-order valence-corrected chi connectivity index (χ3v) is 9.72. The molecule has 9 heteroatoms. The summed E-state index contributed by atoms with van der Waals surface area (Å²) in [6, 6.07) is 12.7. The van der Waals surface area contributed by atoms with E-state index in [9.17, 15) is 18.0 Å². The molecule has 2 atom stereocenters. The lowest BCUT2D eigenvalue weighted by atomic mass is 9.86. The topological polar surface area (TPSA) is 93.4 Å². The Morgan fingerprint density at radius 3 is 2.24 bits per heavy atom. The largest absolute Gasteiger partial charge is 0.352 e. The molecule has 0 radical (unpaired) electrons. The number of carbonyl (C=O) groups is 1. The molecule has 1 aliphatic carbocycles. The van der Waals surface area contributed by atoms with Gasteiger partial charge in [-0.25, -0.2) is 17.4 Å². The molecule has 8 nitrogen and oxygen atoms in total. The maximum absolute atomic E-state index is 14.3. The molecule has 0 aliphatic heterocycles. The number of sulfonamides is 1. The quantitative estimate of drug-likeness (QED) is 0.485. The Kier molecular flexibility index (Phi) is 7.88. The minimum absolute atomic E-state index is 0.0125. The highest BCUT2D eigenvalue weighted by Gasteiger charge is 2.36. The van der Waals surface area contributed by atoms with Crippen LogP contribution in [0.1, 0.15) is 55.0 Å². The predicted octanol–water partition coefficient (Wildman–Crippen LogP) is 4.30. The molecule has 1 fully saturated rings. The van der Waals surface area contributed by atoms with Crippen molar-refractivity contribution >= 4 is 21.6 Å². The lowest BCUT2D eigenvalue weighted by Gasteiger charge is -2.31. The van der Waals surface area contributed by atoms with E-state index < -0.39 is 28.0 Å². The van der Waals surface area contributed by atoms with E-state index in [2.05, 4.69) is 12.2 Å². The summed E-state index contributed by atoms with van der Waals surface area (Å²) in [4.78, 5) is 27.4. The number of nitrogens with one attached hydrogen (secondary N) is 1. The van der Waals surface area contributed by atoms with Crippen LogP contribution in [0.2, 0.25) is 0 Å². The molecular formula is C29H38N4O4S. The van der Waals surface area contributed by atoms with Gasteiger partial charge in [0, 0.05) is 13.1 Å². The van der Waals surface area contributed by atoms with Crippen LogP contribution >= 0.6 is 0 Å². The maximum Gasteiger partial charge on any atom is 0.296 e. The number of nitrogens with zero attached hydrogens (tertiary/aromatic N) is 3. The Balaban J connectivity index is 1.86. The average Bonchev–Trinajstić information content (AvgIpc) is 3.06. The van der Waals surface area contributed by atoms with Crippen LogP contribution in [0.15, 0.2) is 52.2 Å². The van der Waals surface area contributed by atoms with Crippen LogP contribution in [0.3, 0.4) is 0 Å². The van der Waals surface area contributed by atoms with Crippen molar-refractivity contribution in [2.45, 2.75) is 71.2 Å². The zero-order chi connectivity index (χ0) is 27.8. The maximum atomic E-state index is 14.3. The zero-order valence-corrected chi connectivity index (χ0v) is 23.9. The number of aromatic nitrogens is 2. The number of carbonyl (C=O) groups excluding carboxylic acids is 1. The molecule has 2 aromatic carbocycles. The van der Waals surface area contributed by atoms with Gasteiger partial charge in [-0.05, 0) is 69.7 Å². The van der Waals surface area contributed by atoms with E-state index in [0.29, 0.717) is 28.4 Å². The van der Waals surface area contributed by atoms with Crippen molar-refractivity contribution in [1.29, 1.82) is 0 Å². The summed E-state index contributed by atoms with van der Waals surface area (Å²) < 4.78 is 32.7. The summed E-state index contributed by atoms with van der Waals surface area (Å²) in [6.07, 6.45) is 4.04. The normalized spacial score (nSPS) is 17.8. The Morgan fingerprint density at radius 1 is 1.03 bits per heavy atom. The first-order valence-corrected chi connectivity index (χ1v) is 14.6. The highest BCUT2D eigenvalue weighted by atomic mass is 32.2. The molecule has 38 heavy (non-hydrogen) atoms. The number of para-hydroxylation sites is 1. The molecule has 3 aromatic rings. The molecule has 0 saturated heterocycles. The van der Waals surface area contributed by atoms with Crippen molar-refractivity contribution in [1.82, 2.24) is 14.7 Å². The minimum Gasteiger partial charge on any atom is -0.352 e. The third-order valence-electron chi connectivity index (χ3n) is 7.67. The van der Waals surface area contributed by atoms with E-state index in [1.807, 2.05) is 37.3 Å². The zero-order valence-electron chi connectivity index (χ0n) is 23.1. The molecule has 1 heterocycles. The van der Waals surface area contributed by atoms with Crippen molar-refractivity contribution in [3.8, 4) is 5.69 Å². The van der Waals surface area contributed by atoms with Gasteiger partial charge in [-0.1, -0.05) is 55.7 Å². The Morgan fingerprint density at radius 2 is 1.63 bits per heavy atom. The summed E-state index contributed by atoms with van der Waals surface area (Å²) in [5, 5.41) is 3.06.